The predicted octanol–water partition coefficient (Wildman–Crippen LogP) is 1.54. The minimum atomic E-state index is -3.28. The van der Waals surface area contributed by atoms with Crippen LogP contribution < -0.4 is 14.8 Å². The second kappa shape index (κ2) is 4.68. The fourth-order valence-electron chi connectivity index (χ4n) is 2.06. The number of hydrogen-bond donors (Lipinski definition) is 1. The molecule has 1 atom stereocenters. The highest BCUT2D eigenvalue weighted by Gasteiger charge is 2.27. The minimum Gasteiger partial charge on any atom is -0.493 e. The highest BCUT2D eigenvalue weighted by atomic mass is 32.2. The molecule has 0 amide bonds. The maximum atomic E-state index is 12.2. The van der Waals surface area contributed by atoms with Crippen molar-refractivity contribution in [2.45, 2.75) is 11.8 Å². The molecule has 0 radical (unpaired) electrons. The molecular weight excluding hydrogens is 254 g/mol. The molecule has 1 aliphatic heterocycles. The molecule has 1 aromatic carbocycles. The first-order valence-corrected chi connectivity index (χ1v) is 7.36. The first kappa shape index (κ1) is 13.0. The van der Waals surface area contributed by atoms with Crippen molar-refractivity contribution in [2.24, 2.45) is 5.92 Å². The van der Waals surface area contributed by atoms with Gasteiger partial charge >= 0.3 is 0 Å². The van der Waals surface area contributed by atoms with Gasteiger partial charge in [0.1, 0.15) is 0 Å². The zero-order chi connectivity index (χ0) is 13.3. The molecule has 0 fully saturated rings. The molecule has 0 saturated heterocycles. The van der Waals surface area contributed by atoms with E-state index in [1.165, 1.54) is 20.3 Å². The summed E-state index contributed by atoms with van der Waals surface area (Å²) in [4.78, 5) is 0.282. The highest BCUT2D eigenvalue weighted by molar-refractivity contribution is 7.91. The third-order valence-corrected chi connectivity index (χ3v) is 4.98. The Morgan fingerprint density at radius 1 is 1.22 bits per heavy atom. The number of ether oxygens (including phenoxy) is 2. The van der Waals surface area contributed by atoms with E-state index in [9.17, 15) is 8.42 Å². The average molecular weight is 271 g/mol. The van der Waals surface area contributed by atoms with Crippen LogP contribution >= 0.6 is 0 Å². The molecule has 1 aromatic rings. The largest absolute Gasteiger partial charge is 0.493 e. The van der Waals surface area contributed by atoms with Crippen LogP contribution in [-0.2, 0) is 9.84 Å². The summed E-state index contributed by atoms with van der Waals surface area (Å²) in [6.07, 6.45) is 0. The van der Waals surface area contributed by atoms with Crippen molar-refractivity contribution < 1.29 is 17.9 Å². The van der Waals surface area contributed by atoms with E-state index in [1.807, 2.05) is 6.92 Å². The zero-order valence-corrected chi connectivity index (χ0v) is 11.5. The van der Waals surface area contributed by atoms with E-state index in [2.05, 4.69) is 5.32 Å². The van der Waals surface area contributed by atoms with Gasteiger partial charge in [-0.1, -0.05) is 6.92 Å². The molecule has 6 heteroatoms. The number of methoxy groups -OCH3 is 2. The van der Waals surface area contributed by atoms with Gasteiger partial charge in [0.05, 0.1) is 30.6 Å². The predicted molar refractivity (Wildman–Crippen MR) is 69.3 cm³/mol. The van der Waals surface area contributed by atoms with Gasteiger partial charge in [-0.15, -0.1) is 0 Å². The Labute approximate surface area is 107 Å². The smallest absolute Gasteiger partial charge is 0.180 e. The van der Waals surface area contributed by atoms with E-state index < -0.39 is 9.84 Å². The van der Waals surface area contributed by atoms with Gasteiger partial charge < -0.3 is 14.8 Å². The van der Waals surface area contributed by atoms with Crippen molar-refractivity contribution >= 4 is 15.5 Å². The number of nitrogens with one attached hydrogen (secondary N) is 1. The summed E-state index contributed by atoms with van der Waals surface area (Å²) in [5.74, 6) is 1.16. The maximum absolute atomic E-state index is 12.2. The molecule has 5 nitrogen and oxygen atoms in total. The molecule has 100 valence electrons. The molecule has 1 unspecified atom stereocenters. The van der Waals surface area contributed by atoms with Gasteiger partial charge in [0.15, 0.2) is 21.3 Å². The minimum absolute atomic E-state index is 0.0689. The second-order valence-corrected chi connectivity index (χ2v) is 6.47. The number of rotatable bonds is 2. The molecule has 1 N–H and O–H groups in total. The fourth-order valence-corrected chi connectivity index (χ4v) is 3.86. The number of hydrogen-bond acceptors (Lipinski definition) is 5. The van der Waals surface area contributed by atoms with Crippen LogP contribution in [0.1, 0.15) is 6.92 Å². The molecular formula is C12H17NO4S. The van der Waals surface area contributed by atoms with Crippen LogP contribution in [0.4, 0.5) is 5.69 Å². The normalized spacial score (nSPS) is 21.4. The first-order chi connectivity index (χ1) is 8.47. The molecule has 0 spiro atoms. The van der Waals surface area contributed by atoms with Crippen molar-refractivity contribution in [2.75, 3.05) is 31.8 Å². The third-order valence-electron chi connectivity index (χ3n) is 2.97. The monoisotopic (exact) mass is 271 g/mol. The zero-order valence-electron chi connectivity index (χ0n) is 10.7. The summed E-state index contributed by atoms with van der Waals surface area (Å²) >= 11 is 0. The van der Waals surface area contributed by atoms with E-state index in [4.69, 9.17) is 9.47 Å². The van der Waals surface area contributed by atoms with Crippen molar-refractivity contribution in [1.29, 1.82) is 0 Å². The van der Waals surface area contributed by atoms with Crippen LogP contribution in [0.3, 0.4) is 0 Å². The topological polar surface area (TPSA) is 64.6 Å². The van der Waals surface area contributed by atoms with E-state index in [1.54, 1.807) is 6.07 Å². The molecule has 1 aliphatic rings. The van der Waals surface area contributed by atoms with E-state index in [0.29, 0.717) is 23.7 Å². The molecule has 1 heterocycles. The number of anilines is 1. The first-order valence-electron chi connectivity index (χ1n) is 5.70. The van der Waals surface area contributed by atoms with Crippen LogP contribution in [-0.4, -0.2) is 34.9 Å². The maximum Gasteiger partial charge on any atom is 0.180 e. The Kier molecular flexibility index (Phi) is 3.38. The van der Waals surface area contributed by atoms with Gasteiger partial charge in [-0.2, -0.15) is 0 Å². The fraction of sp³-hybridized carbons (Fsp3) is 0.500. The number of fused-ring (bicyclic) bond motifs is 1. The third kappa shape index (κ3) is 2.25. The Balaban J connectivity index is 2.62. The lowest BCUT2D eigenvalue weighted by atomic mass is 10.2. The summed E-state index contributed by atoms with van der Waals surface area (Å²) in [5.41, 5.74) is 0.581. The Bertz CT molecular complexity index is 553. The standard InChI is InChI=1S/C12H17NO4S/c1-8-6-13-9-4-10(16-2)11(17-3)5-12(9)18(14,15)7-8/h4-5,8,13H,6-7H2,1-3H3. The summed E-state index contributed by atoms with van der Waals surface area (Å²) in [5, 5.41) is 3.14. The van der Waals surface area contributed by atoms with E-state index >= 15 is 0 Å². The molecule has 0 saturated carbocycles. The van der Waals surface area contributed by atoms with Crippen LogP contribution in [0, 0.1) is 5.92 Å². The lowest BCUT2D eigenvalue weighted by Crippen LogP contribution is -2.15. The van der Waals surface area contributed by atoms with Gasteiger partial charge in [-0.05, 0) is 5.92 Å². The lowest BCUT2D eigenvalue weighted by molar-refractivity contribution is 0.354. The number of sulfone groups is 1. The molecule has 0 aliphatic carbocycles. The van der Waals surface area contributed by atoms with E-state index in [-0.39, 0.29) is 16.6 Å². The van der Waals surface area contributed by atoms with Gasteiger partial charge in [-0.25, -0.2) is 8.42 Å². The van der Waals surface area contributed by atoms with Crippen molar-refractivity contribution in [3.8, 4) is 11.5 Å². The molecule has 0 bridgehead atoms. The van der Waals surface area contributed by atoms with Crippen molar-refractivity contribution in [3.63, 3.8) is 0 Å². The molecule has 2 rings (SSSR count). The highest BCUT2D eigenvalue weighted by Crippen LogP contribution is 2.37. The average Bonchev–Trinajstić information content (AvgIpc) is 2.44. The van der Waals surface area contributed by atoms with Gasteiger partial charge in [-0.3, -0.25) is 0 Å². The summed E-state index contributed by atoms with van der Waals surface area (Å²) < 4.78 is 34.8. The van der Waals surface area contributed by atoms with Crippen LogP contribution in [0.5, 0.6) is 11.5 Å². The second-order valence-electron chi connectivity index (χ2n) is 4.47. The van der Waals surface area contributed by atoms with Crippen LogP contribution in [0.15, 0.2) is 17.0 Å². The van der Waals surface area contributed by atoms with Crippen molar-refractivity contribution in [1.82, 2.24) is 0 Å². The Hall–Kier alpha value is -1.43. The van der Waals surface area contributed by atoms with E-state index in [0.717, 1.165) is 0 Å². The molecule has 0 aromatic heterocycles. The van der Waals surface area contributed by atoms with Crippen LogP contribution in [0.25, 0.3) is 0 Å². The van der Waals surface area contributed by atoms with Gasteiger partial charge in [0, 0.05) is 18.7 Å². The van der Waals surface area contributed by atoms with Gasteiger partial charge in [0.2, 0.25) is 0 Å². The van der Waals surface area contributed by atoms with Crippen molar-refractivity contribution in [3.05, 3.63) is 12.1 Å². The summed E-state index contributed by atoms with van der Waals surface area (Å²) in [6, 6.07) is 3.19. The SMILES string of the molecule is COc1cc2c(cc1OC)S(=O)(=O)CC(C)CN2. The number of benzene rings is 1. The van der Waals surface area contributed by atoms with Crippen LogP contribution in [0.2, 0.25) is 0 Å². The summed E-state index contributed by atoms with van der Waals surface area (Å²) in [7, 11) is -0.268. The Morgan fingerprint density at radius 3 is 2.44 bits per heavy atom. The molecule has 18 heavy (non-hydrogen) atoms. The lowest BCUT2D eigenvalue weighted by Gasteiger charge is -2.13. The summed E-state index contributed by atoms with van der Waals surface area (Å²) in [6.45, 7) is 2.53. The van der Waals surface area contributed by atoms with Gasteiger partial charge in [0.25, 0.3) is 0 Å². The quantitative estimate of drug-likeness (QED) is 0.884. The Morgan fingerprint density at radius 2 is 1.83 bits per heavy atom.